The molecule has 138 valence electrons. The van der Waals surface area contributed by atoms with Crippen LogP contribution in [0.3, 0.4) is 0 Å². The Morgan fingerprint density at radius 1 is 1.20 bits per heavy atom. The second-order valence-electron chi connectivity index (χ2n) is 6.29. The lowest BCUT2D eigenvalue weighted by Crippen LogP contribution is -2.49. The van der Waals surface area contributed by atoms with Crippen LogP contribution in [0.25, 0.3) is 0 Å². The van der Waals surface area contributed by atoms with Crippen molar-refractivity contribution >= 4 is 11.8 Å². The highest BCUT2D eigenvalue weighted by Crippen LogP contribution is 2.15. The number of ether oxygens (including phenoxy) is 2. The molecule has 0 saturated carbocycles. The summed E-state index contributed by atoms with van der Waals surface area (Å²) in [5, 5.41) is 0. The van der Waals surface area contributed by atoms with Crippen LogP contribution in [0.15, 0.2) is 30.3 Å². The first-order chi connectivity index (χ1) is 12.1. The van der Waals surface area contributed by atoms with Crippen LogP contribution < -0.4 is 5.73 Å². The van der Waals surface area contributed by atoms with Crippen LogP contribution in [0.5, 0.6) is 0 Å². The largest absolute Gasteiger partial charge is 0.378 e. The van der Waals surface area contributed by atoms with Gasteiger partial charge in [-0.25, -0.2) is 0 Å². The van der Waals surface area contributed by atoms with Gasteiger partial charge in [-0.3, -0.25) is 9.59 Å². The van der Waals surface area contributed by atoms with E-state index in [9.17, 15) is 9.59 Å². The van der Waals surface area contributed by atoms with Crippen LogP contribution in [0.2, 0.25) is 0 Å². The number of rotatable bonds is 9. The topological polar surface area (TPSA) is 81.9 Å². The summed E-state index contributed by atoms with van der Waals surface area (Å²) in [5.41, 5.74) is 6.48. The predicted octanol–water partition coefficient (Wildman–Crippen LogP) is 1.52. The lowest BCUT2D eigenvalue weighted by Gasteiger charge is -2.31. The van der Waals surface area contributed by atoms with Gasteiger partial charge in [-0.15, -0.1) is 0 Å². The molecule has 1 aliphatic heterocycles. The highest BCUT2D eigenvalue weighted by atomic mass is 16.5. The van der Waals surface area contributed by atoms with E-state index in [1.54, 1.807) is 4.90 Å². The molecule has 0 spiro atoms. The normalized spacial score (nSPS) is 17.1. The molecule has 2 amide bonds. The van der Waals surface area contributed by atoms with Gasteiger partial charge in [-0.2, -0.15) is 0 Å². The van der Waals surface area contributed by atoms with Crippen LogP contribution >= 0.6 is 0 Å². The standard InChI is InChI=1S/C19H28N2O4/c1-2-3-9-16(18(20)22)25-17(14-15-7-5-4-6-8-15)19(23)21-10-12-24-13-11-21/h4-8,16-17H,2-3,9-14H2,1H3,(H2,20,22)/t16?,17-/m0/s1. The molecule has 0 bridgehead atoms. The molecule has 1 aliphatic rings. The SMILES string of the molecule is CCCCC(O[C@@H](Cc1ccccc1)C(=O)N1CCOCC1)C(N)=O. The van der Waals surface area contributed by atoms with Crippen LogP contribution in [0, 0.1) is 0 Å². The summed E-state index contributed by atoms with van der Waals surface area (Å²) < 4.78 is 11.2. The van der Waals surface area contributed by atoms with E-state index in [4.69, 9.17) is 15.2 Å². The molecule has 0 aliphatic carbocycles. The quantitative estimate of drug-likeness (QED) is 0.733. The summed E-state index contributed by atoms with van der Waals surface area (Å²) in [6.07, 6.45) is 1.28. The van der Waals surface area contributed by atoms with E-state index < -0.39 is 18.1 Å². The maximum atomic E-state index is 12.9. The van der Waals surface area contributed by atoms with Gasteiger partial charge in [0.2, 0.25) is 5.91 Å². The number of unbranched alkanes of at least 4 members (excludes halogenated alkanes) is 1. The molecule has 2 N–H and O–H groups in total. The van der Waals surface area contributed by atoms with Crippen molar-refractivity contribution in [2.45, 2.75) is 44.8 Å². The Kier molecular flexibility index (Phi) is 7.88. The lowest BCUT2D eigenvalue weighted by molar-refractivity contribution is -0.155. The highest BCUT2D eigenvalue weighted by Gasteiger charge is 2.30. The number of hydrogen-bond acceptors (Lipinski definition) is 4. The molecular formula is C19H28N2O4. The molecule has 2 rings (SSSR count). The zero-order chi connectivity index (χ0) is 18.1. The number of carbonyl (C=O) groups excluding carboxylic acids is 2. The third-order valence-electron chi connectivity index (χ3n) is 4.33. The molecular weight excluding hydrogens is 320 g/mol. The Balaban J connectivity index is 2.11. The summed E-state index contributed by atoms with van der Waals surface area (Å²) in [7, 11) is 0. The van der Waals surface area contributed by atoms with Gasteiger partial charge < -0.3 is 20.1 Å². The van der Waals surface area contributed by atoms with E-state index in [0.29, 0.717) is 39.1 Å². The Hall–Kier alpha value is -1.92. The van der Waals surface area contributed by atoms with Crippen molar-refractivity contribution in [1.29, 1.82) is 0 Å². The molecule has 1 heterocycles. The van der Waals surface area contributed by atoms with Gasteiger partial charge >= 0.3 is 0 Å². The number of nitrogens with two attached hydrogens (primary N) is 1. The summed E-state index contributed by atoms with van der Waals surface area (Å²) in [6.45, 7) is 4.18. The van der Waals surface area contributed by atoms with E-state index in [-0.39, 0.29) is 5.91 Å². The van der Waals surface area contributed by atoms with Crippen molar-refractivity contribution in [3.05, 3.63) is 35.9 Å². The number of morpholine rings is 1. The molecule has 2 atom stereocenters. The average molecular weight is 348 g/mol. The Morgan fingerprint density at radius 2 is 1.88 bits per heavy atom. The van der Waals surface area contributed by atoms with Crippen molar-refractivity contribution in [3.8, 4) is 0 Å². The molecule has 1 unspecified atom stereocenters. The summed E-state index contributed by atoms with van der Waals surface area (Å²) in [6, 6.07) is 9.68. The van der Waals surface area contributed by atoms with E-state index >= 15 is 0 Å². The van der Waals surface area contributed by atoms with Crippen molar-refractivity contribution in [1.82, 2.24) is 4.90 Å². The van der Waals surface area contributed by atoms with E-state index in [0.717, 1.165) is 18.4 Å². The molecule has 25 heavy (non-hydrogen) atoms. The zero-order valence-electron chi connectivity index (χ0n) is 14.9. The van der Waals surface area contributed by atoms with Gasteiger partial charge in [0.15, 0.2) is 0 Å². The zero-order valence-corrected chi connectivity index (χ0v) is 14.9. The minimum Gasteiger partial charge on any atom is -0.378 e. The number of carbonyl (C=O) groups is 2. The number of nitrogens with zero attached hydrogens (tertiary/aromatic N) is 1. The molecule has 6 nitrogen and oxygen atoms in total. The molecule has 0 aromatic heterocycles. The smallest absolute Gasteiger partial charge is 0.252 e. The fourth-order valence-electron chi connectivity index (χ4n) is 2.87. The fourth-order valence-corrected chi connectivity index (χ4v) is 2.87. The number of benzene rings is 1. The minimum atomic E-state index is -0.737. The van der Waals surface area contributed by atoms with Crippen molar-refractivity contribution < 1.29 is 19.1 Å². The number of hydrogen-bond donors (Lipinski definition) is 1. The molecule has 1 aromatic rings. The molecule has 6 heteroatoms. The Bertz CT molecular complexity index is 544. The van der Waals surface area contributed by atoms with Gasteiger partial charge in [0, 0.05) is 19.5 Å². The van der Waals surface area contributed by atoms with Crippen molar-refractivity contribution in [2.24, 2.45) is 5.73 Å². The van der Waals surface area contributed by atoms with E-state index in [1.165, 1.54) is 0 Å². The van der Waals surface area contributed by atoms with Gasteiger partial charge in [0.25, 0.3) is 5.91 Å². The maximum absolute atomic E-state index is 12.9. The van der Waals surface area contributed by atoms with Gasteiger partial charge in [0.1, 0.15) is 12.2 Å². The van der Waals surface area contributed by atoms with Gasteiger partial charge in [-0.05, 0) is 12.0 Å². The third kappa shape index (κ3) is 6.14. The summed E-state index contributed by atoms with van der Waals surface area (Å²) >= 11 is 0. The Morgan fingerprint density at radius 3 is 2.48 bits per heavy atom. The summed E-state index contributed by atoms with van der Waals surface area (Å²) in [5.74, 6) is -0.615. The molecule has 0 radical (unpaired) electrons. The molecule has 1 aromatic carbocycles. The fraction of sp³-hybridized carbons (Fsp3) is 0.579. The van der Waals surface area contributed by atoms with Crippen LogP contribution in [-0.4, -0.2) is 55.2 Å². The first-order valence-electron chi connectivity index (χ1n) is 8.97. The third-order valence-corrected chi connectivity index (χ3v) is 4.33. The summed E-state index contributed by atoms with van der Waals surface area (Å²) in [4.78, 5) is 26.4. The van der Waals surface area contributed by atoms with E-state index in [2.05, 4.69) is 0 Å². The van der Waals surface area contributed by atoms with Crippen molar-refractivity contribution in [3.63, 3.8) is 0 Å². The predicted molar refractivity (Wildman–Crippen MR) is 94.9 cm³/mol. The molecule has 1 fully saturated rings. The highest BCUT2D eigenvalue weighted by molar-refractivity contribution is 5.83. The monoisotopic (exact) mass is 348 g/mol. The first kappa shape index (κ1) is 19.4. The maximum Gasteiger partial charge on any atom is 0.252 e. The molecule has 1 saturated heterocycles. The Labute approximate surface area is 149 Å². The van der Waals surface area contributed by atoms with Crippen LogP contribution in [0.1, 0.15) is 31.7 Å². The van der Waals surface area contributed by atoms with Crippen LogP contribution in [-0.2, 0) is 25.5 Å². The number of amides is 2. The van der Waals surface area contributed by atoms with E-state index in [1.807, 2.05) is 37.3 Å². The van der Waals surface area contributed by atoms with Crippen LogP contribution in [0.4, 0.5) is 0 Å². The van der Waals surface area contributed by atoms with Gasteiger partial charge in [0.05, 0.1) is 13.2 Å². The minimum absolute atomic E-state index is 0.102. The second-order valence-corrected chi connectivity index (χ2v) is 6.29. The second kappa shape index (κ2) is 10.2. The number of primary amides is 1. The average Bonchev–Trinajstić information content (AvgIpc) is 2.65. The first-order valence-corrected chi connectivity index (χ1v) is 8.97. The van der Waals surface area contributed by atoms with Gasteiger partial charge in [-0.1, -0.05) is 50.1 Å². The lowest BCUT2D eigenvalue weighted by atomic mass is 10.1. The van der Waals surface area contributed by atoms with Crippen molar-refractivity contribution in [2.75, 3.05) is 26.3 Å².